The van der Waals surface area contributed by atoms with Gasteiger partial charge in [0.05, 0.1) is 0 Å². The average molecular weight is 386 g/mol. The summed E-state index contributed by atoms with van der Waals surface area (Å²) in [5.74, 6) is 0.157. The predicted octanol–water partition coefficient (Wildman–Crippen LogP) is 5.36. The Kier molecular flexibility index (Phi) is 18.2. The van der Waals surface area contributed by atoms with Crippen LogP contribution in [0.15, 0.2) is 35.2 Å². The minimum Gasteiger partial charge on any atom is -0.481 e. The Bertz CT molecular complexity index is 268. The van der Waals surface area contributed by atoms with E-state index in [1.807, 2.05) is 44.2 Å². The normalized spacial score (nSPS) is 8.24. The van der Waals surface area contributed by atoms with E-state index in [1.54, 1.807) is 11.8 Å². The zero-order valence-electron chi connectivity index (χ0n) is 10.0. The molecule has 0 saturated heterocycles. The number of carboxylic acid groups (broad SMARTS) is 1. The molecule has 0 radical (unpaired) electrons. The zero-order chi connectivity index (χ0) is 13.5. The van der Waals surface area contributed by atoms with Gasteiger partial charge in [-0.3, -0.25) is 4.79 Å². The van der Waals surface area contributed by atoms with Gasteiger partial charge in [-0.05, 0) is 24.3 Å². The summed E-state index contributed by atoms with van der Waals surface area (Å²) in [7, 11) is 0. The minimum atomic E-state index is -0.714. The van der Waals surface area contributed by atoms with Crippen LogP contribution >= 0.6 is 40.0 Å². The molecule has 1 N–H and O–H groups in total. The molecule has 0 aliphatic heterocycles. The van der Waals surface area contributed by atoms with Crippen LogP contribution in [0.2, 0.25) is 0 Å². The third-order valence-electron chi connectivity index (χ3n) is 1.55. The highest BCUT2D eigenvalue weighted by molar-refractivity contribution is 9.93. The molecule has 1 aromatic rings. The Labute approximate surface area is 123 Å². The molecule has 0 spiro atoms. The fourth-order valence-corrected chi connectivity index (χ4v) is 1.80. The minimum absolute atomic E-state index is 0.264. The number of rotatable bonds is 5. The number of carbonyl (C=O) groups is 1. The van der Waals surface area contributed by atoms with Crippen molar-refractivity contribution in [3.8, 4) is 0 Å². The van der Waals surface area contributed by atoms with Crippen molar-refractivity contribution in [2.75, 3.05) is 5.75 Å². The van der Waals surface area contributed by atoms with Gasteiger partial charge in [0.25, 0.3) is 0 Å². The topological polar surface area (TPSA) is 37.3 Å². The number of halogens is 2. The predicted molar refractivity (Wildman–Crippen MR) is 83.2 cm³/mol. The van der Waals surface area contributed by atoms with Crippen molar-refractivity contribution in [2.45, 2.75) is 31.6 Å². The lowest BCUT2D eigenvalue weighted by Gasteiger charge is -1.98. The summed E-state index contributed by atoms with van der Waals surface area (Å²) in [6, 6.07) is 10.0. The van der Waals surface area contributed by atoms with Gasteiger partial charge in [-0.25, -0.2) is 0 Å². The molecule has 0 fully saturated rings. The fraction of sp³-hybridized carbons (Fsp3) is 0.417. The maximum absolute atomic E-state index is 10.2. The summed E-state index contributed by atoms with van der Waals surface area (Å²) in [5, 5.41) is 8.40. The van der Waals surface area contributed by atoms with E-state index in [0.717, 1.165) is 12.2 Å². The van der Waals surface area contributed by atoms with Crippen LogP contribution in [0.5, 0.6) is 0 Å². The molecule has 2 nitrogen and oxygen atoms in total. The van der Waals surface area contributed by atoms with Crippen LogP contribution in [0, 0.1) is 0 Å². The van der Waals surface area contributed by atoms with E-state index >= 15 is 0 Å². The van der Waals surface area contributed by atoms with E-state index in [2.05, 4.69) is 28.3 Å². The first-order chi connectivity index (χ1) is 8.29. The molecule has 0 aliphatic carbocycles. The van der Waals surface area contributed by atoms with Gasteiger partial charge in [-0.1, -0.05) is 32.0 Å². The SMILES string of the molecule is BrBr.CC.O=C(O)CCCSc1ccccc1. The Morgan fingerprint density at radius 3 is 2.24 bits per heavy atom. The number of hydrogen-bond acceptors (Lipinski definition) is 2. The summed E-state index contributed by atoms with van der Waals surface area (Å²) >= 11 is 7.20. The summed E-state index contributed by atoms with van der Waals surface area (Å²) in [6.07, 6.45) is 0.995. The van der Waals surface area contributed by atoms with Gasteiger partial charge in [0.15, 0.2) is 0 Å². The van der Waals surface area contributed by atoms with Gasteiger partial charge >= 0.3 is 5.97 Å². The average Bonchev–Trinajstić information content (AvgIpc) is 2.40. The molecule has 1 rings (SSSR count). The van der Waals surface area contributed by atoms with Crippen LogP contribution in [-0.4, -0.2) is 16.8 Å². The number of benzene rings is 1. The molecule has 5 heteroatoms. The largest absolute Gasteiger partial charge is 0.481 e. The lowest BCUT2D eigenvalue weighted by Crippen LogP contribution is -1.94. The molecule has 17 heavy (non-hydrogen) atoms. The van der Waals surface area contributed by atoms with Crippen molar-refractivity contribution in [3.63, 3.8) is 0 Å². The van der Waals surface area contributed by atoms with E-state index in [0.29, 0.717) is 0 Å². The highest BCUT2D eigenvalue weighted by atomic mass is 80.9. The lowest BCUT2D eigenvalue weighted by atomic mass is 10.3. The van der Waals surface area contributed by atoms with Crippen LogP contribution in [0.25, 0.3) is 0 Å². The van der Waals surface area contributed by atoms with E-state index in [1.165, 1.54) is 4.90 Å². The van der Waals surface area contributed by atoms with Crippen molar-refractivity contribution in [3.05, 3.63) is 30.3 Å². The summed E-state index contributed by atoms with van der Waals surface area (Å²) in [4.78, 5) is 11.4. The Morgan fingerprint density at radius 1 is 1.24 bits per heavy atom. The van der Waals surface area contributed by atoms with Crippen LogP contribution in [-0.2, 0) is 4.79 Å². The maximum Gasteiger partial charge on any atom is 0.303 e. The molecule has 0 aliphatic rings. The first-order valence-electron chi connectivity index (χ1n) is 5.33. The van der Waals surface area contributed by atoms with Gasteiger partial charge in [0.1, 0.15) is 0 Å². The van der Waals surface area contributed by atoms with E-state index in [9.17, 15) is 4.79 Å². The standard InChI is InChI=1S/C10H12O2S.C2H6.Br2/c11-10(12)7-4-8-13-9-5-2-1-3-6-9;2*1-2/h1-3,5-6H,4,7-8H2,(H,11,12);1-2H3;. The first kappa shape index (κ1) is 19.3. The second kappa shape index (κ2) is 16.0. The maximum atomic E-state index is 10.2. The van der Waals surface area contributed by atoms with E-state index in [4.69, 9.17) is 5.11 Å². The van der Waals surface area contributed by atoms with Gasteiger partial charge < -0.3 is 5.11 Å². The monoisotopic (exact) mass is 384 g/mol. The molecular formula is C12H18Br2O2S. The van der Waals surface area contributed by atoms with Crippen LogP contribution < -0.4 is 0 Å². The molecule has 0 aromatic heterocycles. The van der Waals surface area contributed by atoms with Crippen molar-refractivity contribution in [2.24, 2.45) is 0 Å². The fourth-order valence-electron chi connectivity index (χ4n) is 0.930. The third-order valence-corrected chi connectivity index (χ3v) is 2.65. The highest BCUT2D eigenvalue weighted by Crippen LogP contribution is 2.18. The summed E-state index contributed by atoms with van der Waals surface area (Å²) in [5.41, 5.74) is 0. The number of carboxylic acids is 1. The second-order valence-electron chi connectivity index (χ2n) is 2.66. The molecule has 98 valence electrons. The third kappa shape index (κ3) is 13.9. The molecule has 0 saturated carbocycles. The lowest BCUT2D eigenvalue weighted by molar-refractivity contribution is -0.137. The molecule has 0 bridgehead atoms. The van der Waals surface area contributed by atoms with E-state index < -0.39 is 5.97 Å². The van der Waals surface area contributed by atoms with Crippen molar-refractivity contribution >= 4 is 46.0 Å². The van der Waals surface area contributed by atoms with Gasteiger partial charge in [0.2, 0.25) is 0 Å². The van der Waals surface area contributed by atoms with Gasteiger partial charge in [0, 0.05) is 39.6 Å². The summed E-state index contributed by atoms with van der Waals surface area (Å²) in [6.45, 7) is 4.00. The Hall–Kier alpha value is 0. The molecule has 0 atom stereocenters. The van der Waals surface area contributed by atoms with Gasteiger partial charge in [-0.2, -0.15) is 0 Å². The Morgan fingerprint density at radius 2 is 1.76 bits per heavy atom. The quantitative estimate of drug-likeness (QED) is 0.547. The zero-order valence-corrected chi connectivity index (χ0v) is 14.0. The van der Waals surface area contributed by atoms with Crippen molar-refractivity contribution < 1.29 is 9.90 Å². The number of aliphatic carboxylic acids is 1. The number of thioether (sulfide) groups is 1. The van der Waals surface area contributed by atoms with Crippen LogP contribution in [0.4, 0.5) is 0 Å². The number of hydrogen-bond donors (Lipinski definition) is 1. The molecule has 1 aromatic carbocycles. The van der Waals surface area contributed by atoms with Crippen LogP contribution in [0.1, 0.15) is 26.7 Å². The van der Waals surface area contributed by atoms with Crippen molar-refractivity contribution in [1.82, 2.24) is 0 Å². The van der Waals surface area contributed by atoms with Crippen LogP contribution in [0.3, 0.4) is 0 Å². The first-order valence-corrected chi connectivity index (χ1v) is 10.0. The second-order valence-corrected chi connectivity index (χ2v) is 3.83. The smallest absolute Gasteiger partial charge is 0.303 e. The molecule has 0 heterocycles. The van der Waals surface area contributed by atoms with Gasteiger partial charge in [-0.15, -0.1) is 11.8 Å². The summed E-state index contributed by atoms with van der Waals surface area (Å²) < 4.78 is 0. The molecule has 0 unspecified atom stereocenters. The van der Waals surface area contributed by atoms with E-state index in [-0.39, 0.29) is 6.42 Å². The highest BCUT2D eigenvalue weighted by Gasteiger charge is 1.97. The Balaban J connectivity index is 0. The van der Waals surface area contributed by atoms with Crippen molar-refractivity contribution in [1.29, 1.82) is 0 Å². The molecule has 0 amide bonds. The molecular weight excluding hydrogens is 368 g/mol.